The van der Waals surface area contributed by atoms with Crippen LogP contribution in [0.2, 0.25) is 0 Å². The zero-order chi connectivity index (χ0) is 27.9. The van der Waals surface area contributed by atoms with Crippen LogP contribution in [-0.2, 0) is 9.59 Å². The van der Waals surface area contributed by atoms with Crippen molar-refractivity contribution in [1.29, 1.82) is 0 Å². The van der Waals surface area contributed by atoms with Gasteiger partial charge in [-0.1, -0.05) is 54.1 Å². The molecule has 2 aromatic rings. The van der Waals surface area contributed by atoms with Gasteiger partial charge in [0.15, 0.2) is 6.21 Å². The molecule has 1 fully saturated rings. The molecular formula is C32H36ClN4O2+. The van der Waals surface area contributed by atoms with Crippen molar-refractivity contribution in [2.45, 2.75) is 32.4 Å². The van der Waals surface area contributed by atoms with Gasteiger partial charge < -0.3 is 14.7 Å². The van der Waals surface area contributed by atoms with E-state index in [-0.39, 0.29) is 23.9 Å². The van der Waals surface area contributed by atoms with Gasteiger partial charge in [0.2, 0.25) is 17.5 Å². The number of nitrogens with zero attached hydrogens (tertiary/aromatic N) is 4. The third kappa shape index (κ3) is 4.61. The molecule has 0 N–H and O–H groups in total. The van der Waals surface area contributed by atoms with Gasteiger partial charge in [0, 0.05) is 56.7 Å². The van der Waals surface area contributed by atoms with E-state index < -0.39 is 5.41 Å². The number of para-hydroxylation sites is 2. The minimum atomic E-state index is -1.22. The fourth-order valence-electron chi connectivity index (χ4n) is 6.21. The van der Waals surface area contributed by atoms with Gasteiger partial charge in [-0.05, 0) is 49.5 Å². The number of amides is 2. The number of anilines is 1. The van der Waals surface area contributed by atoms with E-state index in [2.05, 4.69) is 29.0 Å². The minimum absolute atomic E-state index is 0.125. The highest BCUT2D eigenvalue weighted by Gasteiger charge is 2.61. The summed E-state index contributed by atoms with van der Waals surface area (Å²) in [6, 6.07) is 20.2. The maximum absolute atomic E-state index is 14.1. The quantitative estimate of drug-likeness (QED) is 0.289. The Kier molecular flexibility index (Phi) is 7.25. The highest BCUT2D eigenvalue weighted by Crippen LogP contribution is 2.55. The highest BCUT2D eigenvalue weighted by atomic mass is 35.5. The molecule has 2 aromatic carbocycles. The predicted octanol–water partition coefficient (Wildman–Crippen LogP) is 5.55. The van der Waals surface area contributed by atoms with Crippen molar-refractivity contribution in [3.63, 3.8) is 0 Å². The molecule has 1 saturated heterocycles. The molecule has 1 unspecified atom stereocenters. The number of rotatable bonds is 4. The first kappa shape index (κ1) is 26.9. The van der Waals surface area contributed by atoms with Gasteiger partial charge in [-0.15, -0.1) is 0 Å². The standard InChI is InChI=1S/C32H36ClN4O2/c1-22-36(4)30(38)32(31(39)37(22)5)19-23(20-34(2)25-12-8-6-9-13-25)18-27-28(32)17-16-24(29(27)33)21-35(3)26-14-10-7-11-15-26/h6-15,18,20-22,28H,16-17,19H2,1-5H3/q+1. The predicted molar refractivity (Wildman–Crippen MR) is 157 cm³/mol. The molecular weight excluding hydrogens is 508 g/mol. The second-order valence-electron chi connectivity index (χ2n) is 10.9. The van der Waals surface area contributed by atoms with Gasteiger partial charge in [0.25, 0.3) is 0 Å². The summed E-state index contributed by atoms with van der Waals surface area (Å²) >= 11 is 7.17. The molecule has 39 heavy (non-hydrogen) atoms. The second kappa shape index (κ2) is 10.5. The van der Waals surface area contributed by atoms with E-state index in [1.807, 2.05) is 80.6 Å². The number of hydrogen-bond acceptors (Lipinski definition) is 3. The minimum Gasteiger partial charge on any atom is -0.351 e. The molecule has 7 heteroatoms. The van der Waals surface area contributed by atoms with E-state index in [9.17, 15) is 9.59 Å². The van der Waals surface area contributed by atoms with Gasteiger partial charge in [-0.25, -0.2) is 4.58 Å². The monoisotopic (exact) mass is 543 g/mol. The number of hydrogen-bond donors (Lipinski definition) is 0. The van der Waals surface area contributed by atoms with Crippen LogP contribution in [0.5, 0.6) is 0 Å². The Bertz CT molecular complexity index is 1390. The Balaban J connectivity index is 1.64. The van der Waals surface area contributed by atoms with Crippen molar-refractivity contribution in [2.24, 2.45) is 11.3 Å². The molecule has 1 atom stereocenters. The van der Waals surface area contributed by atoms with E-state index in [0.717, 1.165) is 28.1 Å². The molecule has 2 amide bonds. The Labute approximate surface area is 236 Å². The summed E-state index contributed by atoms with van der Waals surface area (Å²) < 4.78 is 2.07. The van der Waals surface area contributed by atoms with E-state index in [1.54, 1.807) is 23.9 Å². The van der Waals surface area contributed by atoms with Crippen LogP contribution >= 0.6 is 11.6 Å². The van der Waals surface area contributed by atoms with Crippen LogP contribution in [0.1, 0.15) is 26.2 Å². The second-order valence-corrected chi connectivity index (χ2v) is 11.2. The first-order valence-electron chi connectivity index (χ1n) is 13.4. The van der Waals surface area contributed by atoms with Crippen LogP contribution in [0, 0.1) is 11.3 Å². The van der Waals surface area contributed by atoms with Crippen molar-refractivity contribution < 1.29 is 14.2 Å². The molecule has 0 saturated carbocycles. The summed E-state index contributed by atoms with van der Waals surface area (Å²) in [6.07, 6.45) is 7.59. The van der Waals surface area contributed by atoms with E-state index in [0.29, 0.717) is 24.3 Å². The van der Waals surface area contributed by atoms with Crippen LogP contribution < -0.4 is 4.90 Å². The molecule has 1 heterocycles. The average molecular weight is 544 g/mol. The van der Waals surface area contributed by atoms with Crippen LogP contribution in [0.15, 0.2) is 94.7 Å². The third-order valence-corrected chi connectivity index (χ3v) is 9.05. The van der Waals surface area contributed by atoms with Gasteiger partial charge in [-0.3, -0.25) is 9.59 Å². The van der Waals surface area contributed by atoms with Crippen molar-refractivity contribution in [3.05, 3.63) is 94.7 Å². The summed E-state index contributed by atoms with van der Waals surface area (Å²) in [5, 5.41) is 0.630. The topological polar surface area (TPSA) is 46.9 Å². The van der Waals surface area contributed by atoms with Gasteiger partial charge in [0.1, 0.15) is 18.6 Å². The Morgan fingerprint density at radius 1 is 1.00 bits per heavy atom. The molecule has 0 aromatic heterocycles. The van der Waals surface area contributed by atoms with E-state index >= 15 is 0 Å². The largest absolute Gasteiger partial charge is 0.351 e. The Hall–Kier alpha value is -3.64. The van der Waals surface area contributed by atoms with E-state index in [4.69, 9.17) is 11.6 Å². The molecule has 0 bridgehead atoms. The first-order valence-corrected chi connectivity index (χ1v) is 13.8. The van der Waals surface area contributed by atoms with Crippen molar-refractivity contribution >= 4 is 41.0 Å². The summed E-state index contributed by atoms with van der Waals surface area (Å²) in [5.41, 5.74) is 3.64. The van der Waals surface area contributed by atoms with Crippen LogP contribution in [0.3, 0.4) is 0 Å². The number of halogens is 1. The van der Waals surface area contributed by atoms with Crippen molar-refractivity contribution in [1.82, 2.24) is 9.80 Å². The molecule has 6 nitrogen and oxygen atoms in total. The lowest BCUT2D eigenvalue weighted by molar-refractivity contribution is -0.399. The summed E-state index contributed by atoms with van der Waals surface area (Å²) in [6.45, 7) is 1.89. The highest BCUT2D eigenvalue weighted by molar-refractivity contribution is 6.34. The van der Waals surface area contributed by atoms with Crippen LogP contribution in [0.4, 0.5) is 11.4 Å². The number of carbonyl (C=O) groups excluding carboxylic acids is 2. The zero-order valence-electron chi connectivity index (χ0n) is 23.3. The van der Waals surface area contributed by atoms with Crippen LogP contribution in [-0.4, -0.2) is 66.8 Å². The first-order chi connectivity index (χ1) is 18.6. The molecule has 1 spiro atoms. The number of fused-ring (bicyclic) bond motifs is 2. The number of allylic oxidation sites excluding steroid dienone is 5. The molecule has 3 aliphatic rings. The Morgan fingerprint density at radius 3 is 2.21 bits per heavy atom. The van der Waals surface area contributed by atoms with E-state index in [1.165, 1.54) is 0 Å². The summed E-state index contributed by atoms with van der Waals surface area (Å²) in [5.74, 6) is -0.540. The zero-order valence-corrected chi connectivity index (χ0v) is 24.0. The van der Waals surface area contributed by atoms with Crippen LogP contribution in [0.25, 0.3) is 0 Å². The maximum atomic E-state index is 14.1. The lowest BCUT2D eigenvalue weighted by atomic mass is 9.59. The molecule has 5 rings (SSSR count). The van der Waals surface area contributed by atoms with Crippen molar-refractivity contribution in [3.8, 4) is 0 Å². The lowest BCUT2D eigenvalue weighted by Crippen LogP contribution is -2.67. The fraction of sp³-hybridized carbons (Fsp3) is 0.344. The fourth-order valence-corrected chi connectivity index (χ4v) is 6.54. The van der Waals surface area contributed by atoms with Gasteiger partial charge in [-0.2, -0.15) is 0 Å². The SMILES string of the molecule is CC1N(C)C(=O)C2(C/C(=C\N(C)c3ccccc3)C=C3C(Cl)=C(/C=[N+](\C)c4ccccc4)CCC32)C(=O)N1C. The van der Waals surface area contributed by atoms with Crippen molar-refractivity contribution in [2.75, 3.05) is 33.1 Å². The third-order valence-electron chi connectivity index (χ3n) is 8.59. The van der Waals surface area contributed by atoms with Gasteiger partial charge in [0.05, 0.1) is 5.03 Å². The molecule has 1 aliphatic heterocycles. The lowest BCUT2D eigenvalue weighted by Gasteiger charge is -2.53. The maximum Gasteiger partial charge on any atom is 0.240 e. The smallest absolute Gasteiger partial charge is 0.240 e. The molecule has 2 aliphatic carbocycles. The Morgan fingerprint density at radius 2 is 1.59 bits per heavy atom. The normalized spacial score (nSPS) is 26.8. The number of carbonyl (C=O) groups is 2. The molecule has 0 radical (unpaired) electrons. The summed E-state index contributed by atoms with van der Waals surface area (Å²) in [4.78, 5) is 33.7. The van der Waals surface area contributed by atoms with Gasteiger partial charge >= 0.3 is 0 Å². The molecule has 202 valence electrons. The average Bonchev–Trinajstić information content (AvgIpc) is 2.96. The summed E-state index contributed by atoms with van der Waals surface area (Å²) in [7, 11) is 7.58. The number of benzene rings is 2.